The van der Waals surface area contributed by atoms with Gasteiger partial charge in [-0.3, -0.25) is 4.79 Å². The number of nitrogens with one attached hydrogen (secondary N) is 1. The summed E-state index contributed by atoms with van der Waals surface area (Å²) < 4.78 is 0. The molecular formula is C6H11NO3. The molecule has 0 fully saturated rings. The van der Waals surface area contributed by atoms with Gasteiger partial charge in [-0.2, -0.15) is 0 Å². The van der Waals surface area contributed by atoms with Gasteiger partial charge in [-0.15, -0.1) is 0 Å². The minimum absolute atomic E-state index is 0.220. The predicted octanol–water partition coefficient (Wildman–Crippen LogP) is -0.928. The number of hydrogen-bond acceptors (Lipinski definition) is 3. The second kappa shape index (κ2) is 6.22. The van der Waals surface area contributed by atoms with Crippen molar-refractivity contribution in [3.05, 3.63) is 0 Å². The van der Waals surface area contributed by atoms with E-state index in [9.17, 15) is 9.59 Å². The molecule has 58 valence electrons. The Bertz CT molecular complexity index is 93.2. The van der Waals surface area contributed by atoms with Crippen LogP contribution in [0, 0.1) is 0 Å². The second-order valence-electron chi connectivity index (χ2n) is 1.92. The average molecular weight is 145 g/mol. The molecule has 0 rings (SSSR count). The fraction of sp³-hybridized carbons (Fsp3) is 0.667. The Kier molecular flexibility index (Phi) is 5.66. The lowest BCUT2D eigenvalue weighted by atomic mass is 10.2. The first-order valence-corrected chi connectivity index (χ1v) is 3.10. The van der Waals surface area contributed by atoms with Crippen molar-refractivity contribution in [1.29, 1.82) is 0 Å². The summed E-state index contributed by atoms with van der Waals surface area (Å²) in [5.41, 5.74) is 0. The largest absolute Gasteiger partial charge is 0.391 e. The summed E-state index contributed by atoms with van der Waals surface area (Å²) in [7, 11) is 0. The molecule has 4 nitrogen and oxygen atoms in total. The van der Waals surface area contributed by atoms with E-state index in [1.165, 1.54) is 0 Å². The van der Waals surface area contributed by atoms with Crippen molar-refractivity contribution in [2.45, 2.75) is 18.9 Å². The van der Waals surface area contributed by atoms with Crippen LogP contribution in [0.4, 0.5) is 0 Å². The molecule has 0 aromatic rings. The zero-order valence-electron chi connectivity index (χ0n) is 5.62. The van der Waals surface area contributed by atoms with E-state index in [0.29, 0.717) is 19.3 Å². The van der Waals surface area contributed by atoms with Crippen LogP contribution in [0.25, 0.3) is 0 Å². The SMILES string of the molecule is O=CCCC(O)CNC=O. The molecule has 0 aromatic heterocycles. The first-order chi connectivity index (χ1) is 4.81. The third kappa shape index (κ3) is 5.24. The van der Waals surface area contributed by atoms with Crippen LogP contribution in [0.3, 0.4) is 0 Å². The number of hydrogen-bond donors (Lipinski definition) is 2. The highest BCUT2D eigenvalue weighted by molar-refractivity contribution is 5.49. The average Bonchev–Trinajstić information content (AvgIpc) is 1.97. The zero-order chi connectivity index (χ0) is 7.82. The first-order valence-electron chi connectivity index (χ1n) is 3.10. The maximum absolute atomic E-state index is 9.78. The number of amides is 1. The summed E-state index contributed by atoms with van der Waals surface area (Å²) in [6.45, 7) is 0.220. The maximum Gasteiger partial charge on any atom is 0.207 e. The molecule has 0 aliphatic heterocycles. The van der Waals surface area contributed by atoms with Crippen LogP contribution >= 0.6 is 0 Å². The van der Waals surface area contributed by atoms with Crippen LogP contribution in [-0.4, -0.2) is 30.5 Å². The number of carbonyl (C=O) groups is 2. The van der Waals surface area contributed by atoms with Gasteiger partial charge in [-0.25, -0.2) is 0 Å². The lowest BCUT2D eigenvalue weighted by Gasteiger charge is -2.05. The summed E-state index contributed by atoms with van der Waals surface area (Å²) in [4.78, 5) is 19.5. The molecule has 0 radical (unpaired) electrons. The molecule has 10 heavy (non-hydrogen) atoms. The van der Waals surface area contributed by atoms with E-state index >= 15 is 0 Å². The molecule has 1 atom stereocenters. The van der Waals surface area contributed by atoms with Crippen LogP contribution in [-0.2, 0) is 9.59 Å². The highest BCUT2D eigenvalue weighted by atomic mass is 16.3. The van der Waals surface area contributed by atoms with Gasteiger partial charge in [-0.1, -0.05) is 0 Å². The molecule has 1 unspecified atom stereocenters. The number of aldehydes is 1. The predicted molar refractivity (Wildman–Crippen MR) is 35.4 cm³/mol. The first kappa shape index (κ1) is 9.10. The molecule has 0 saturated heterocycles. The van der Waals surface area contributed by atoms with Crippen molar-refractivity contribution in [2.75, 3.05) is 6.54 Å². The van der Waals surface area contributed by atoms with Crippen molar-refractivity contribution in [1.82, 2.24) is 5.32 Å². The summed E-state index contributed by atoms with van der Waals surface area (Å²) in [6, 6.07) is 0. The maximum atomic E-state index is 9.78. The minimum atomic E-state index is -0.601. The Morgan fingerprint density at radius 1 is 1.50 bits per heavy atom. The van der Waals surface area contributed by atoms with Crippen LogP contribution in [0.5, 0.6) is 0 Å². The normalized spacial score (nSPS) is 12.1. The Labute approximate surface area is 59.2 Å². The molecule has 0 bridgehead atoms. The van der Waals surface area contributed by atoms with Crippen molar-refractivity contribution in [2.24, 2.45) is 0 Å². The topological polar surface area (TPSA) is 66.4 Å². The molecule has 1 amide bonds. The quantitative estimate of drug-likeness (QED) is 0.475. The Morgan fingerprint density at radius 3 is 2.70 bits per heavy atom. The van der Waals surface area contributed by atoms with Crippen LogP contribution < -0.4 is 5.32 Å². The van der Waals surface area contributed by atoms with E-state index in [2.05, 4.69) is 5.32 Å². The van der Waals surface area contributed by atoms with Crippen LogP contribution in [0.1, 0.15) is 12.8 Å². The molecule has 0 aliphatic rings. The monoisotopic (exact) mass is 145 g/mol. The molecule has 0 heterocycles. The van der Waals surface area contributed by atoms with Gasteiger partial charge in [0.2, 0.25) is 6.41 Å². The van der Waals surface area contributed by atoms with Crippen LogP contribution in [0.15, 0.2) is 0 Å². The number of rotatable bonds is 6. The van der Waals surface area contributed by atoms with Crippen molar-refractivity contribution < 1.29 is 14.7 Å². The van der Waals surface area contributed by atoms with E-state index in [4.69, 9.17) is 5.11 Å². The molecule has 0 aromatic carbocycles. The fourth-order valence-corrected chi connectivity index (χ4v) is 0.547. The standard InChI is InChI=1S/C6H11NO3/c8-3-1-2-6(10)4-7-5-9/h3,5-6,10H,1-2,4H2,(H,7,9). The van der Waals surface area contributed by atoms with E-state index in [-0.39, 0.29) is 6.54 Å². The number of carbonyl (C=O) groups excluding carboxylic acids is 2. The van der Waals surface area contributed by atoms with Gasteiger partial charge in [0.1, 0.15) is 6.29 Å². The smallest absolute Gasteiger partial charge is 0.207 e. The molecule has 0 aliphatic carbocycles. The van der Waals surface area contributed by atoms with E-state index in [1.54, 1.807) is 0 Å². The molecule has 4 heteroatoms. The highest BCUT2D eigenvalue weighted by Crippen LogP contribution is 1.91. The van der Waals surface area contributed by atoms with E-state index in [1.807, 2.05) is 0 Å². The zero-order valence-corrected chi connectivity index (χ0v) is 5.62. The third-order valence-corrected chi connectivity index (χ3v) is 1.05. The number of aliphatic hydroxyl groups excluding tert-OH is 1. The molecule has 0 saturated carbocycles. The van der Waals surface area contributed by atoms with Gasteiger partial charge in [0.15, 0.2) is 0 Å². The van der Waals surface area contributed by atoms with E-state index in [0.717, 1.165) is 6.29 Å². The Balaban J connectivity index is 3.15. The van der Waals surface area contributed by atoms with Crippen LogP contribution in [0.2, 0.25) is 0 Å². The molecule has 2 N–H and O–H groups in total. The van der Waals surface area contributed by atoms with Crippen molar-refractivity contribution in [3.63, 3.8) is 0 Å². The van der Waals surface area contributed by atoms with Gasteiger partial charge in [0, 0.05) is 13.0 Å². The van der Waals surface area contributed by atoms with Crippen molar-refractivity contribution in [3.8, 4) is 0 Å². The van der Waals surface area contributed by atoms with Gasteiger partial charge in [-0.05, 0) is 6.42 Å². The number of aliphatic hydroxyl groups is 1. The summed E-state index contributed by atoms with van der Waals surface area (Å²) in [5.74, 6) is 0. The van der Waals surface area contributed by atoms with Gasteiger partial charge in [0.05, 0.1) is 6.10 Å². The Morgan fingerprint density at radius 2 is 2.20 bits per heavy atom. The van der Waals surface area contributed by atoms with Crippen molar-refractivity contribution >= 4 is 12.7 Å². The Hall–Kier alpha value is -0.900. The summed E-state index contributed by atoms with van der Waals surface area (Å²) in [6.07, 6.45) is 1.40. The molecular weight excluding hydrogens is 134 g/mol. The lowest BCUT2D eigenvalue weighted by molar-refractivity contribution is -0.109. The lowest BCUT2D eigenvalue weighted by Crippen LogP contribution is -2.25. The summed E-state index contributed by atoms with van der Waals surface area (Å²) >= 11 is 0. The third-order valence-electron chi connectivity index (χ3n) is 1.05. The van der Waals surface area contributed by atoms with Gasteiger partial charge >= 0.3 is 0 Å². The highest BCUT2D eigenvalue weighted by Gasteiger charge is 2.00. The summed E-state index contributed by atoms with van der Waals surface area (Å²) in [5, 5.41) is 11.2. The van der Waals surface area contributed by atoms with Gasteiger partial charge in [0.25, 0.3) is 0 Å². The van der Waals surface area contributed by atoms with Gasteiger partial charge < -0.3 is 15.2 Å². The minimum Gasteiger partial charge on any atom is -0.391 e. The fourth-order valence-electron chi connectivity index (χ4n) is 0.547. The van der Waals surface area contributed by atoms with E-state index < -0.39 is 6.10 Å². The molecule has 0 spiro atoms. The second-order valence-corrected chi connectivity index (χ2v) is 1.92.